The summed E-state index contributed by atoms with van der Waals surface area (Å²) in [6.45, 7) is 0. The van der Waals surface area contributed by atoms with Gasteiger partial charge >= 0.3 is 0 Å². The summed E-state index contributed by atoms with van der Waals surface area (Å²) in [5.41, 5.74) is 6.29. The molecular weight excluding hydrogens is 310 g/mol. The topological polar surface area (TPSA) is 96.6 Å². The fourth-order valence-electron chi connectivity index (χ4n) is 2.24. The zero-order valence-electron chi connectivity index (χ0n) is 13.1. The van der Waals surface area contributed by atoms with Gasteiger partial charge in [-0.1, -0.05) is 0 Å². The number of nitrogens with zero attached hydrogens (tertiary/aromatic N) is 2. The molecule has 122 valence electrons. The van der Waals surface area contributed by atoms with Gasteiger partial charge in [0.1, 0.15) is 12.1 Å². The van der Waals surface area contributed by atoms with E-state index in [1.54, 1.807) is 50.6 Å². The fourth-order valence-corrected chi connectivity index (χ4v) is 2.24. The molecule has 0 bridgehead atoms. The molecule has 7 nitrogen and oxygen atoms in total. The van der Waals surface area contributed by atoms with Crippen LogP contribution in [0.15, 0.2) is 42.7 Å². The number of benzene rings is 2. The Hall–Kier alpha value is -3.35. The van der Waals surface area contributed by atoms with Gasteiger partial charge in [0.2, 0.25) is 11.8 Å². The van der Waals surface area contributed by atoms with E-state index in [0.717, 1.165) is 0 Å². The highest BCUT2D eigenvalue weighted by Gasteiger charge is 2.12. The van der Waals surface area contributed by atoms with Gasteiger partial charge in [0.25, 0.3) is 0 Å². The first-order chi connectivity index (χ1) is 11.6. The molecule has 0 aliphatic heterocycles. The highest BCUT2D eigenvalue weighted by Crippen LogP contribution is 2.35. The molecule has 1 heterocycles. The van der Waals surface area contributed by atoms with Crippen molar-refractivity contribution in [3.8, 4) is 23.1 Å². The quantitative estimate of drug-likeness (QED) is 0.774. The average molecular weight is 325 g/mol. The Bertz CT molecular complexity index is 894. The number of hydrogen-bond acceptors (Lipinski definition) is 6. The van der Waals surface area contributed by atoms with Crippen LogP contribution in [0.3, 0.4) is 0 Å². The third kappa shape index (κ3) is 2.91. The first-order valence-electron chi connectivity index (χ1n) is 7.07. The lowest BCUT2D eigenvalue weighted by atomic mass is 10.2. The van der Waals surface area contributed by atoms with Crippen LogP contribution in [0.5, 0.6) is 23.1 Å². The number of hydrogen-bond donors (Lipinski definition) is 1. The Morgan fingerprint density at radius 3 is 2.29 bits per heavy atom. The molecule has 24 heavy (non-hydrogen) atoms. The van der Waals surface area contributed by atoms with Crippen LogP contribution in [0.4, 0.5) is 0 Å². The lowest BCUT2D eigenvalue weighted by Gasteiger charge is -2.11. The number of carbonyl (C=O) groups excluding carboxylic acids is 1. The first kappa shape index (κ1) is 15.5. The first-order valence-corrected chi connectivity index (χ1v) is 7.07. The van der Waals surface area contributed by atoms with Crippen molar-refractivity contribution in [3.05, 3.63) is 48.3 Å². The summed E-state index contributed by atoms with van der Waals surface area (Å²) < 4.78 is 16.4. The number of aromatic nitrogens is 2. The molecule has 2 N–H and O–H groups in total. The zero-order chi connectivity index (χ0) is 17.1. The van der Waals surface area contributed by atoms with Crippen LogP contribution < -0.4 is 19.9 Å². The summed E-state index contributed by atoms with van der Waals surface area (Å²) in [5, 5.41) is 0.675. The van der Waals surface area contributed by atoms with E-state index < -0.39 is 5.91 Å². The number of amides is 1. The van der Waals surface area contributed by atoms with E-state index in [1.807, 2.05) is 0 Å². The largest absolute Gasteiger partial charge is 0.493 e. The van der Waals surface area contributed by atoms with Gasteiger partial charge in [-0.25, -0.2) is 9.97 Å². The molecule has 0 radical (unpaired) electrons. The Morgan fingerprint density at radius 1 is 1.00 bits per heavy atom. The van der Waals surface area contributed by atoms with Gasteiger partial charge in [-0.15, -0.1) is 0 Å². The molecule has 0 atom stereocenters. The van der Waals surface area contributed by atoms with Crippen molar-refractivity contribution in [2.45, 2.75) is 0 Å². The van der Waals surface area contributed by atoms with Gasteiger partial charge in [0.15, 0.2) is 11.5 Å². The standard InChI is InChI=1S/C17H15N3O4/c1-22-14-7-12-13(8-15(14)23-2)19-9-20-17(12)24-11-5-3-10(4-6-11)16(18)21/h3-9H,1-2H3,(H2,18,21). The number of fused-ring (bicyclic) bond motifs is 1. The van der Waals surface area contributed by atoms with Gasteiger partial charge < -0.3 is 19.9 Å². The highest BCUT2D eigenvalue weighted by atomic mass is 16.5. The molecule has 0 aliphatic carbocycles. The molecule has 0 aliphatic rings. The summed E-state index contributed by atoms with van der Waals surface area (Å²) in [5.74, 6) is 1.52. The molecule has 0 unspecified atom stereocenters. The van der Waals surface area contributed by atoms with Crippen LogP contribution in [0, 0.1) is 0 Å². The summed E-state index contributed by atoms with van der Waals surface area (Å²) in [4.78, 5) is 19.5. The van der Waals surface area contributed by atoms with Crippen molar-refractivity contribution in [1.29, 1.82) is 0 Å². The van der Waals surface area contributed by atoms with Crippen molar-refractivity contribution in [2.24, 2.45) is 5.73 Å². The van der Waals surface area contributed by atoms with Crippen molar-refractivity contribution >= 4 is 16.8 Å². The molecule has 3 rings (SSSR count). The van der Waals surface area contributed by atoms with Crippen molar-refractivity contribution in [2.75, 3.05) is 14.2 Å². The Balaban J connectivity index is 2.01. The van der Waals surface area contributed by atoms with Gasteiger partial charge in [-0.3, -0.25) is 4.79 Å². The molecule has 7 heteroatoms. The van der Waals surface area contributed by atoms with Crippen LogP contribution in [-0.4, -0.2) is 30.1 Å². The number of carbonyl (C=O) groups is 1. The number of ether oxygens (including phenoxy) is 3. The smallest absolute Gasteiger partial charge is 0.248 e. The Kier molecular flexibility index (Phi) is 4.15. The maximum absolute atomic E-state index is 11.1. The van der Waals surface area contributed by atoms with Gasteiger partial charge in [0, 0.05) is 11.6 Å². The second kappa shape index (κ2) is 6.41. The monoisotopic (exact) mass is 325 g/mol. The SMILES string of the molecule is COc1cc2ncnc(Oc3ccc(C(N)=O)cc3)c2cc1OC. The fraction of sp³-hybridized carbons (Fsp3) is 0.118. The molecular formula is C17H15N3O4. The summed E-state index contributed by atoms with van der Waals surface area (Å²) >= 11 is 0. The lowest BCUT2D eigenvalue weighted by molar-refractivity contribution is 0.100. The second-order valence-corrected chi connectivity index (χ2v) is 4.89. The van der Waals surface area contributed by atoms with E-state index in [4.69, 9.17) is 19.9 Å². The highest BCUT2D eigenvalue weighted by molar-refractivity contribution is 5.92. The normalized spacial score (nSPS) is 10.4. The number of primary amides is 1. The molecule has 1 amide bonds. The van der Waals surface area contributed by atoms with Gasteiger partial charge in [0.05, 0.1) is 25.1 Å². The van der Waals surface area contributed by atoms with E-state index in [9.17, 15) is 4.79 Å². The summed E-state index contributed by atoms with van der Waals surface area (Å²) in [6, 6.07) is 9.97. The van der Waals surface area contributed by atoms with E-state index in [-0.39, 0.29) is 0 Å². The van der Waals surface area contributed by atoms with E-state index in [0.29, 0.717) is 39.6 Å². The molecule has 0 saturated heterocycles. The van der Waals surface area contributed by atoms with E-state index in [1.165, 1.54) is 6.33 Å². The van der Waals surface area contributed by atoms with Crippen LogP contribution in [0.2, 0.25) is 0 Å². The molecule has 0 fully saturated rings. The summed E-state index contributed by atoms with van der Waals surface area (Å²) in [6.07, 6.45) is 1.40. The number of rotatable bonds is 5. The Morgan fingerprint density at radius 2 is 1.67 bits per heavy atom. The third-order valence-electron chi connectivity index (χ3n) is 3.46. The number of nitrogens with two attached hydrogens (primary N) is 1. The minimum Gasteiger partial charge on any atom is -0.493 e. The second-order valence-electron chi connectivity index (χ2n) is 4.89. The third-order valence-corrected chi connectivity index (χ3v) is 3.46. The van der Waals surface area contributed by atoms with Crippen LogP contribution >= 0.6 is 0 Å². The van der Waals surface area contributed by atoms with Crippen LogP contribution in [-0.2, 0) is 0 Å². The maximum atomic E-state index is 11.1. The summed E-state index contributed by atoms with van der Waals surface area (Å²) in [7, 11) is 3.11. The molecule has 1 aromatic heterocycles. The Labute approximate surface area is 138 Å². The number of methoxy groups -OCH3 is 2. The lowest BCUT2D eigenvalue weighted by Crippen LogP contribution is -2.10. The zero-order valence-corrected chi connectivity index (χ0v) is 13.1. The molecule has 3 aromatic rings. The van der Waals surface area contributed by atoms with Gasteiger partial charge in [-0.2, -0.15) is 0 Å². The maximum Gasteiger partial charge on any atom is 0.248 e. The van der Waals surface area contributed by atoms with Crippen molar-refractivity contribution in [1.82, 2.24) is 9.97 Å². The minimum absolute atomic E-state index is 0.368. The molecule has 0 saturated carbocycles. The van der Waals surface area contributed by atoms with Crippen LogP contribution in [0.25, 0.3) is 10.9 Å². The van der Waals surface area contributed by atoms with E-state index in [2.05, 4.69) is 9.97 Å². The average Bonchev–Trinajstić information content (AvgIpc) is 2.61. The van der Waals surface area contributed by atoms with Gasteiger partial charge in [-0.05, 0) is 30.3 Å². The van der Waals surface area contributed by atoms with Crippen molar-refractivity contribution in [3.63, 3.8) is 0 Å². The predicted octanol–water partition coefficient (Wildman–Crippen LogP) is 2.54. The molecule has 2 aromatic carbocycles. The minimum atomic E-state index is -0.495. The molecule has 0 spiro atoms. The van der Waals surface area contributed by atoms with Crippen molar-refractivity contribution < 1.29 is 19.0 Å². The van der Waals surface area contributed by atoms with Crippen LogP contribution in [0.1, 0.15) is 10.4 Å². The predicted molar refractivity (Wildman–Crippen MR) is 87.7 cm³/mol. The van der Waals surface area contributed by atoms with E-state index >= 15 is 0 Å².